The molecule has 1 heterocycles. The Morgan fingerprint density at radius 3 is 2.76 bits per heavy atom. The molecule has 2 N–H and O–H groups in total. The van der Waals surface area contributed by atoms with Gasteiger partial charge in [0.05, 0.1) is 5.69 Å². The average Bonchev–Trinajstić information content (AvgIpc) is 2.86. The summed E-state index contributed by atoms with van der Waals surface area (Å²) >= 11 is 3.53. The number of nitrogens with one attached hydrogen (secondary N) is 2. The fourth-order valence-electron chi connectivity index (χ4n) is 2.74. The first-order valence-corrected chi connectivity index (χ1v) is 7.76. The van der Waals surface area contributed by atoms with Crippen LogP contribution in [0.1, 0.15) is 16.7 Å². The summed E-state index contributed by atoms with van der Waals surface area (Å²) in [6.07, 6.45) is 0.727. The Morgan fingerprint density at radius 1 is 1.29 bits per heavy atom. The zero-order valence-corrected chi connectivity index (χ0v) is 13.6. The standard InChI is InChI=1S/C17H17BrN2O/c1-10-7-11(2)16(13(18)8-10)20-17(21)15-9-12-5-3-4-6-14(12)19-15/h3-8,15,19H,9H2,1-2H3,(H,20,21)/t15-/m0/s1. The molecule has 0 saturated heterocycles. The number of rotatable bonds is 2. The first-order valence-electron chi connectivity index (χ1n) is 6.96. The Bertz CT molecular complexity index is 664. The van der Waals surface area contributed by atoms with Crippen molar-refractivity contribution >= 4 is 33.2 Å². The SMILES string of the molecule is Cc1cc(C)c(NC(=O)[C@@H]2Cc3ccccc3N2)c(Br)c1. The number of hydrogen-bond acceptors (Lipinski definition) is 2. The molecular formula is C17H17BrN2O. The van der Waals surface area contributed by atoms with Gasteiger partial charge in [0.2, 0.25) is 5.91 Å². The van der Waals surface area contributed by atoms with Crippen LogP contribution in [0.15, 0.2) is 40.9 Å². The number of fused-ring (bicyclic) bond motifs is 1. The second kappa shape index (κ2) is 5.53. The van der Waals surface area contributed by atoms with Crippen LogP contribution in [-0.2, 0) is 11.2 Å². The number of benzene rings is 2. The van der Waals surface area contributed by atoms with Crippen molar-refractivity contribution in [1.29, 1.82) is 0 Å². The van der Waals surface area contributed by atoms with Crippen LogP contribution in [0.5, 0.6) is 0 Å². The maximum atomic E-state index is 12.5. The third-order valence-electron chi connectivity index (χ3n) is 3.77. The van der Waals surface area contributed by atoms with E-state index >= 15 is 0 Å². The molecule has 0 unspecified atom stereocenters. The summed E-state index contributed by atoms with van der Waals surface area (Å²) in [5, 5.41) is 6.31. The van der Waals surface area contributed by atoms with E-state index in [1.165, 1.54) is 11.1 Å². The number of aryl methyl sites for hydroxylation is 2. The van der Waals surface area contributed by atoms with Crippen molar-refractivity contribution < 1.29 is 4.79 Å². The van der Waals surface area contributed by atoms with Gasteiger partial charge in [0.15, 0.2) is 0 Å². The van der Waals surface area contributed by atoms with Gasteiger partial charge in [0.1, 0.15) is 6.04 Å². The highest BCUT2D eigenvalue weighted by atomic mass is 79.9. The van der Waals surface area contributed by atoms with Gasteiger partial charge >= 0.3 is 0 Å². The first kappa shape index (κ1) is 14.1. The Morgan fingerprint density at radius 2 is 2.05 bits per heavy atom. The second-order valence-corrected chi connectivity index (χ2v) is 6.34. The summed E-state index contributed by atoms with van der Waals surface area (Å²) in [5.74, 6) is -0.00106. The first-order chi connectivity index (χ1) is 10.0. The lowest BCUT2D eigenvalue weighted by atomic mass is 10.1. The summed E-state index contributed by atoms with van der Waals surface area (Å²) < 4.78 is 0.920. The molecule has 21 heavy (non-hydrogen) atoms. The number of carbonyl (C=O) groups is 1. The predicted octanol–water partition coefficient (Wildman–Crippen LogP) is 4.04. The summed E-state index contributed by atoms with van der Waals surface area (Å²) in [6.45, 7) is 4.04. The van der Waals surface area contributed by atoms with Gasteiger partial charge in [-0.2, -0.15) is 0 Å². The van der Waals surface area contributed by atoms with Crippen LogP contribution in [0, 0.1) is 13.8 Å². The van der Waals surface area contributed by atoms with Gasteiger partial charge in [-0.15, -0.1) is 0 Å². The fraction of sp³-hybridized carbons (Fsp3) is 0.235. The van der Waals surface area contributed by atoms with Gasteiger partial charge in [-0.1, -0.05) is 24.3 Å². The van der Waals surface area contributed by atoms with E-state index in [9.17, 15) is 4.79 Å². The molecule has 0 fully saturated rings. The van der Waals surface area contributed by atoms with Gasteiger partial charge in [-0.25, -0.2) is 0 Å². The molecular weight excluding hydrogens is 328 g/mol. The number of carbonyl (C=O) groups excluding carboxylic acids is 1. The maximum Gasteiger partial charge on any atom is 0.247 e. The zero-order valence-electron chi connectivity index (χ0n) is 12.0. The zero-order chi connectivity index (χ0) is 15.0. The van der Waals surface area contributed by atoms with Crippen molar-refractivity contribution in [2.45, 2.75) is 26.3 Å². The van der Waals surface area contributed by atoms with Crippen LogP contribution in [0.4, 0.5) is 11.4 Å². The van der Waals surface area contributed by atoms with Gasteiger partial charge in [-0.3, -0.25) is 4.79 Å². The Balaban J connectivity index is 1.77. The summed E-state index contributed by atoms with van der Waals surface area (Å²) in [7, 11) is 0. The van der Waals surface area contributed by atoms with Gasteiger partial charge < -0.3 is 10.6 Å². The molecule has 0 bridgehead atoms. The van der Waals surface area contributed by atoms with Crippen molar-refractivity contribution in [3.8, 4) is 0 Å². The summed E-state index contributed by atoms with van der Waals surface area (Å²) in [6, 6.07) is 11.9. The number of halogens is 1. The minimum atomic E-state index is -0.213. The van der Waals surface area contributed by atoms with Crippen molar-refractivity contribution in [2.75, 3.05) is 10.6 Å². The van der Waals surface area contributed by atoms with Crippen LogP contribution >= 0.6 is 15.9 Å². The van der Waals surface area contributed by atoms with E-state index in [1.807, 2.05) is 38.1 Å². The second-order valence-electron chi connectivity index (χ2n) is 5.49. The Hall–Kier alpha value is -1.81. The van der Waals surface area contributed by atoms with E-state index in [-0.39, 0.29) is 11.9 Å². The maximum absolute atomic E-state index is 12.5. The Labute approximate surface area is 132 Å². The highest BCUT2D eigenvalue weighted by Gasteiger charge is 2.26. The highest BCUT2D eigenvalue weighted by Crippen LogP contribution is 2.30. The molecule has 0 radical (unpaired) electrons. The smallest absolute Gasteiger partial charge is 0.247 e. The normalized spacial score (nSPS) is 16.2. The minimum absolute atomic E-state index is 0.00106. The molecule has 1 amide bonds. The molecule has 3 rings (SSSR count). The van der Waals surface area contributed by atoms with E-state index in [0.29, 0.717) is 0 Å². The third-order valence-corrected chi connectivity index (χ3v) is 4.39. The minimum Gasteiger partial charge on any atom is -0.373 e. The lowest BCUT2D eigenvalue weighted by Gasteiger charge is -2.15. The van der Waals surface area contributed by atoms with E-state index in [0.717, 1.165) is 27.8 Å². The topological polar surface area (TPSA) is 41.1 Å². The molecule has 108 valence electrons. The van der Waals surface area contributed by atoms with Gasteiger partial charge in [0.25, 0.3) is 0 Å². The fourth-order valence-corrected chi connectivity index (χ4v) is 3.51. The van der Waals surface area contributed by atoms with Crippen LogP contribution in [-0.4, -0.2) is 11.9 Å². The van der Waals surface area contributed by atoms with Crippen molar-refractivity contribution in [3.63, 3.8) is 0 Å². The van der Waals surface area contributed by atoms with E-state index < -0.39 is 0 Å². The van der Waals surface area contributed by atoms with Crippen molar-refractivity contribution in [3.05, 3.63) is 57.6 Å². The van der Waals surface area contributed by atoms with Crippen molar-refractivity contribution in [2.24, 2.45) is 0 Å². The Kier molecular flexibility index (Phi) is 3.72. The predicted molar refractivity (Wildman–Crippen MR) is 89.8 cm³/mol. The number of amides is 1. The van der Waals surface area contributed by atoms with Crippen molar-refractivity contribution in [1.82, 2.24) is 0 Å². The third kappa shape index (κ3) is 2.81. The molecule has 2 aromatic rings. The molecule has 2 aromatic carbocycles. The highest BCUT2D eigenvalue weighted by molar-refractivity contribution is 9.10. The van der Waals surface area contributed by atoms with Gasteiger partial charge in [0, 0.05) is 16.6 Å². The van der Waals surface area contributed by atoms with Crippen LogP contribution in [0.3, 0.4) is 0 Å². The van der Waals surface area contributed by atoms with Crippen LogP contribution < -0.4 is 10.6 Å². The molecule has 4 heteroatoms. The number of para-hydroxylation sites is 1. The number of anilines is 2. The molecule has 3 nitrogen and oxygen atoms in total. The van der Waals surface area contributed by atoms with Gasteiger partial charge in [-0.05, 0) is 58.6 Å². The molecule has 0 saturated carbocycles. The molecule has 0 aliphatic carbocycles. The average molecular weight is 345 g/mol. The van der Waals surface area contributed by atoms with Crippen LogP contribution in [0.25, 0.3) is 0 Å². The monoisotopic (exact) mass is 344 g/mol. The molecule has 0 spiro atoms. The van der Waals surface area contributed by atoms with Crippen LogP contribution in [0.2, 0.25) is 0 Å². The molecule has 1 aliphatic rings. The lowest BCUT2D eigenvalue weighted by Crippen LogP contribution is -2.33. The molecule has 1 atom stereocenters. The molecule has 1 aliphatic heterocycles. The van der Waals surface area contributed by atoms with E-state index in [1.54, 1.807) is 0 Å². The van der Waals surface area contributed by atoms with E-state index in [4.69, 9.17) is 0 Å². The summed E-state index contributed by atoms with van der Waals surface area (Å²) in [5.41, 5.74) is 5.33. The van der Waals surface area contributed by atoms with E-state index in [2.05, 4.69) is 38.7 Å². The quantitative estimate of drug-likeness (QED) is 0.863. The summed E-state index contributed by atoms with van der Waals surface area (Å²) in [4.78, 5) is 12.5. The number of hydrogen-bond donors (Lipinski definition) is 2. The lowest BCUT2D eigenvalue weighted by molar-refractivity contribution is -0.116. The molecule has 0 aromatic heterocycles. The largest absolute Gasteiger partial charge is 0.373 e.